The second kappa shape index (κ2) is 3.91. The van der Waals surface area contributed by atoms with Crippen LogP contribution >= 0.6 is 0 Å². The molecule has 0 unspecified atom stereocenters. The summed E-state index contributed by atoms with van der Waals surface area (Å²) < 4.78 is 7.51. The van der Waals surface area contributed by atoms with Gasteiger partial charge in [-0.25, -0.2) is 4.79 Å². The van der Waals surface area contributed by atoms with Crippen molar-refractivity contribution in [2.45, 2.75) is 19.9 Å². The van der Waals surface area contributed by atoms with Crippen LogP contribution in [0.3, 0.4) is 0 Å². The van der Waals surface area contributed by atoms with Gasteiger partial charge in [0.15, 0.2) is 5.58 Å². The fourth-order valence-corrected chi connectivity index (χ4v) is 2.38. The Morgan fingerprint density at radius 2 is 2.11 bits per heavy atom. The minimum atomic E-state index is -0.918. The molecule has 0 fully saturated rings. The van der Waals surface area contributed by atoms with E-state index in [1.807, 2.05) is 35.8 Å². The number of carboxylic acid groups (broad SMARTS) is 1. The monoisotopic (exact) mass is 243 g/mol. The van der Waals surface area contributed by atoms with E-state index in [9.17, 15) is 9.90 Å². The van der Waals surface area contributed by atoms with E-state index in [1.54, 1.807) is 6.07 Å². The number of aryl methyl sites for hydroxylation is 1. The molecule has 3 aromatic rings. The number of para-hydroxylation sites is 1. The summed E-state index contributed by atoms with van der Waals surface area (Å²) in [5.41, 5.74) is 2.60. The summed E-state index contributed by atoms with van der Waals surface area (Å²) in [6.45, 7) is 2.70. The first kappa shape index (κ1) is 10.9. The molecule has 0 saturated heterocycles. The van der Waals surface area contributed by atoms with Crippen LogP contribution in [0.4, 0.5) is 0 Å². The average molecular weight is 243 g/mol. The highest BCUT2D eigenvalue weighted by molar-refractivity contribution is 6.06. The van der Waals surface area contributed by atoms with Crippen molar-refractivity contribution in [3.05, 3.63) is 36.0 Å². The molecule has 1 aromatic carbocycles. The van der Waals surface area contributed by atoms with Crippen molar-refractivity contribution >= 4 is 28.0 Å². The Morgan fingerprint density at radius 1 is 1.33 bits per heavy atom. The lowest BCUT2D eigenvalue weighted by atomic mass is 10.2. The summed E-state index contributed by atoms with van der Waals surface area (Å²) in [4.78, 5) is 11.2. The van der Waals surface area contributed by atoms with Crippen molar-refractivity contribution in [2.75, 3.05) is 0 Å². The maximum atomic E-state index is 11.2. The van der Waals surface area contributed by atoms with E-state index in [1.165, 1.54) is 0 Å². The molecule has 0 amide bonds. The number of aromatic carboxylic acids is 1. The van der Waals surface area contributed by atoms with Crippen molar-refractivity contribution in [3.8, 4) is 0 Å². The molecule has 2 heterocycles. The van der Waals surface area contributed by atoms with Crippen molar-refractivity contribution in [3.63, 3.8) is 0 Å². The van der Waals surface area contributed by atoms with E-state index in [0.717, 1.165) is 22.9 Å². The first-order valence-corrected chi connectivity index (χ1v) is 5.96. The molecule has 0 aliphatic carbocycles. The van der Waals surface area contributed by atoms with E-state index in [-0.39, 0.29) is 5.69 Å². The van der Waals surface area contributed by atoms with Gasteiger partial charge in [0.2, 0.25) is 0 Å². The van der Waals surface area contributed by atoms with Gasteiger partial charge in [0.05, 0.1) is 5.52 Å². The van der Waals surface area contributed by atoms with Crippen LogP contribution in [0.25, 0.3) is 22.1 Å². The van der Waals surface area contributed by atoms with Gasteiger partial charge in [0.25, 0.3) is 0 Å². The molecule has 4 nitrogen and oxygen atoms in total. The van der Waals surface area contributed by atoms with Crippen LogP contribution in [0.1, 0.15) is 23.8 Å². The third kappa shape index (κ3) is 1.42. The third-order valence-corrected chi connectivity index (χ3v) is 3.09. The first-order chi connectivity index (χ1) is 8.72. The number of fused-ring (bicyclic) bond motifs is 3. The molecule has 0 saturated carbocycles. The Balaban J connectivity index is 2.41. The lowest BCUT2D eigenvalue weighted by Crippen LogP contribution is -2.07. The fourth-order valence-electron chi connectivity index (χ4n) is 2.38. The van der Waals surface area contributed by atoms with Gasteiger partial charge in [-0.15, -0.1) is 0 Å². The zero-order chi connectivity index (χ0) is 12.7. The van der Waals surface area contributed by atoms with Crippen molar-refractivity contribution in [2.24, 2.45) is 0 Å². The molecular weight excluding hydrogens is 230 g/mol. The third-order valence-electron chi connectivity index (χ3n) is 3.09. The summed E-state index contributed by atoms with van der Waals surface area (Å²) in [6, 6.07) is 9.30. The van der Waals surface area contributed by atoms with Gasteiger partial charge >= 0.3 is 5.97 Å². The largest absolute Gasteiger partial charge is 0.477 e. The number of carbonyl (C=O) groups is 1. The molecule has 1 N–H and O–H groups in total. The van der Waals surface area contributed by atoms with Crippen LogP contribution in [0.5, 0.6) is 0 Å². The van der Waals surface area contributed by atoms with Gasteiger partial charge in [-0.05, 0) is 18.6 Å². The molecule has 92 valence electrons. The molecule has 18 heavy (non-hydrogen) atoms. The standard InChI is InChI=1S/C14H13NO3/c1-2-7-15-10(14(16)17)8-12-13(15)9-5-3-4-6-11(9)18-12/h3-6,8H,2,7H2,1H3,(H,16,17). The lowest BCUT2D eigenvalue weighted by molar-refractivity contribution is 0.0685. The highest BCUT2D eigenvalue weighted by Gasteiger charge is 2.19. The number of hydrogen-bond acceptors (Lipinski definition) is 2. The van der Waals surface area contributed by atoms with Gasteiger partial charge in [0, 0.05) is 18.0 Å². The van der Waals surface area contributed by atoms with Crippen molar-refractivity contribution in [1.82, 2.24) is 4.57 Å². The minimum Gasteiger partial charge on any atom is -0.477 e. The quantitative estimate of drug-likeness (QED) is 0.766. The van der Waals surface area contributed by atoms with Gasteiger partial charge in [-0.3, -0.25) is 0 Å². The predicted molar refractivity (Wildman–Crippen MR) is 69.0 cm³/mol. The molecule has 0 spiro atoms. The average Bonchev–Trinajstić information content (AvgIpc) is 2.86. The van der Waals surface area contributed by atoms with E-state index < -0.39 is 5.97 Å². The Labute approximate surface area is 103 Å². The normalized spacial score (nSPS) is 11.4. The summed E-state index contributed by atoms with van der Waals surface area (Å²) in [6.07, 6.45) is 0.879. The van der Waals surface area contributed by atoms with Gasteiger partial charge in [-0.2, -0.15) is 0 Å². The van der Waals surface area contributed by atoms with Gasteiger partial charge in [0.1, 0.15) is 11.3 Å². The fraction of sp³-hybridized carbons (Fsp3) is 0.214. The summed E-state index contributed by atoms with van der Waals surface area (Å²) in [7, 11) is 0. The number of rotatable bonds is 3. The number of carboxylic acids is 1. The van der Waals surface area contributed by atoms with E-state index in [2.05, 4.69) is 0 Å². The molecular formula is C14H13NO3. The Kier molecular flexibility index (Phi) is 2.37. The van der Waals surface area contributed by atoms with E-state index >= 15 is 0 Å². The van der Waals surface area contributed by atoms with E-state index in [0.29, 0.717) is 12.1 Å². The maximum absolute atomic E-state index is 11.2. The van der Waals surface area contributed by atoms with Crippen LogP contribution in [-0.2, 0) is 6.54 Å². The predicted octanol–water partition coefficient (Wildman–Crippen LogP) is 3.50. The van der Waals surface area contributed by atoms with Crippen LogP contribution in [0, 0.1) is 0 Å². The zero-order valence-electron chi connectivity index (χ0n) is 10.0. The molecule has 2 aromatic heterocycles. The molecule has 3 rings (SSSR count). The number of nitrogens with zero attached hydrogens (tertiary/aromatic N) is 1. The first-order valence-electron chi connectivity index (χ1n) is 5.96. The highest BCUT2D eigenvalue weighted by Crippen LogP contribution is 2.31. The second-order valence-electron chi connectivity index (χ2n) is 4.30. The molecule has 0 aliphatic rings. The number of benzene rings is 1. The molecule has 4 heteroatoms. The number of aromatic nitrogens is 1. The Hall–Kier alpha value is -2.23. The van der Waals surface area contributed by atoms with Crippen molar-refractivity contribution < 1.29 is 14.3 Å². The maximum Gasteiger partial charge on any atom is 0.352 e. The molecule has 0 bridgehead atoms. The Bertz CT molecular complexity index is 736. The van der Waals surface area contributed by atoms with Gasteiger partial charge in [-0.1, -0.05) is 19.1 Å². The van der Waals surface area contributed by atoms with Crippen LogP contribution in [0.2, 0.25) is 0 Å². The SMILES string of the molecule is CCCn1c(C(=O)O)cc2oc3ccccc3c21. The van der Waals surface area contributed by atoms with Gasteiger partial charge < -0.3 is 14.1 Å². The number of furan rings is 1. The summed E-state index contributed by atoms with van der Waals surface area (Å²) in [5.74, 6) is -0.918. The smallest absolute Gasteiger partial charge is 0.352 e. The topological polar surface area (TPSA) is 55.4 Å². The van der Waals surface area contributed by atoms with Crippen molar-refractivity contribution in [1.29, 1.82) is 0 Å². The lowest BCUT2D eigenvalue weighted by Gasteiger charge is -2.05. The highest BCUT2D eigenvalue weighted by atomic mass is 16.4. The number of hydrogen-bond donors (Lipinski definition) is 1. The molecule has 0 atom stereocenters. The minimum absolute atomic E-state index is 0.288. The second-order valence-corrected chi connectivity index (χ2v) is 4.30. The zero-order valence-corrected chi connectivity index (χ0v) is 10.0. The molecule has 0 radical (unpaired) electrons. The van der Waals surface area contributed by atoms with E-state index in [4.69, 9.17) is 4.42 Å². The van der Waals surface area contributed by atoms with Crippen LogP contribution < -0.4 is 0 Å². The Morgan fingerprint density at radius 3 is 2.83 bits per heavy atom. The van der Waals surface area contributed by atoms with Crippen LogP contribution in [0.15, 0.2) is 34.7 Å². The summed E-state index contributed by atoms with van der Waals surface area (Å²) >= 11 is 0. The summed E-state index contributed by atoms with van der Waals surface area (Å²) in [5, 5.41) is 10.2. The van der Waals surface area contributed by atoms with Crippen LogP contribution in [-0.4, -0.2) is 15.6 Å². The molecule has 0 aliphatic heterocycles.